The van der Waals surface area contributed by atoms with Gasteiger partial charge < -0.3 is 18.9 Å². The Morgan fingerprint density at radius 1 is 0.510 bits per heavy atom. The van der Waals surface area contributed by atoms with E-state index in [2.05, 4.69) is 110 Å². The fraction of sp³-hybridized carbons (Fsp3) is 0.156. The van der Waals surface area contributed by atoms with Gasteiger partial charge >= 0.3 is 11.9 Å². The molecule has 1 aliphatic rings. The van der Waals surface area contributed by atoms with Crippen molar-refractivity contribution in [2.24, 2.45) is 0 Å². The maximum Gasteiger partial charge on any atom is 0.333 e. The number of esters is 2. The van der Waals surface area contributed by atoms with Gasteiger partial charge in [-0.3, -0.25) is 0 Å². The zero-order valence-corrected chi connectivity index (χ0v) is 28.7. The van der Waals surface area contributed by atoms with E-state index in [9.17, 15) is 9.59 Å². The van der Waals surface area contributed by atoms with Gasteiger partial charge in [0.2, 0.25) is 0 Å². The summed E-state index contributed by atoms with van der Waals surface area (Å²) in [5.74, 6) is 0.480. The molecule has 254 valence electrons. The summed E-state index contributed by atoms with van der Waals surface area (Å²) in [5.41, 5.74) is 7.00. The summed E-state index contributed by atoms with van der Waals surface area (Å²) >= 11 is 0. The summed E-state index contributed by atoms with van der Waals surface area (Å²) in [6.45, 7) is 11.2. The molecule has 0 radical (unpaired) electrons. The first-order valence-electron chi connectivity index (χ1n) is 17.0. The van der Waals surface area contributed by atoms with Crippen LogP contribution in [0.5, 0.6) is 11.5 Å². The lowest BCUT2D eigenvalue weighted by Gasteiger charge is -2.34. The Kier molecular flexibility index (Phi) is 9.16. The van der Waals surface area contributed by atoms with Crippen LogP contribution >= 0.6 is 0 Å². The van der Waals surface area contributed by atoms with E-state index < -0.39 is 17.4 Å². The van der Waals surface area contributed by atoms with Crippen LogP contribution in [0.3, 0.4) is 0 Å². The summed E-state index contributed by atoms with van der Waals surface area (Å²) < 4.78 is 22.4. The summed E-state index contributed by atoms with van der Waals surface area (Å²) in [4.78, 5) is 23.6. The second kappa shape index (κ2) is 14.0. The van der Waals surface area contributed by atoms with Crippen LogP contribution in [0.4, 0.5) is 0 Å². The fourth-order valence-electron chi connectivity index (χ4n) is 7.08. The van der Waals surface area contributed by atoms with Crippen LogP contribution in [0.2, 0.25) is 0 Å². The minimum Gasteiger partial charge on any atom is -0.490 e. The number of carbonyl (C=O) groups excluding carboxylic acids is 2. The number of ether oxygens (including phenoxy) is 4. The monoisotopic (exact) mass is 674 g/mol. The smallest absolute Gasteiger partial charge is 0.333 e. The molecule has 0 saturated heterocycles. The summed E-state index contributed by atoms with van der Waals surface area (Å²) in [6, 6.07) is 42.5. The van der Waals surface area contributed by atoms with Crippen LogP contribution in [0.15, 0.2) is 146 Å². The molecule has 0 unspecified atom stereocenters. The third-order valence-corrected chi connectivity index (χ3v) is 9.36. The van der Waals surface area contributed by atoms with Crippen LogP contribution in [-0.4, -0.2) is 38.4 Å². The zero-order chi connectivity index (χ0) is 35.5. The van der Waals surface area contributed by atoms with Gasteiger partial charge in [0.25, 0.3) is 0 Å². The van der Waals surface area contributed by atoms with Gasteiger partial charge in [-0.1, -0.05) is 110 Å². The molecule has 0 aliphatic heterocycles. The molecule has 0 spiro atoms. The van der Waals surface area contributed by atoms with E-state index in [0.29, 0.717) is 22.6 Å². The number of hydrogen-bond acceptors (Lipinski definition) is 6. The predicted octanol–water partition coefficient (Wildman–Crippen LogP) is 9.35. The summed E-state index contributed by atoms with van der Waals surface area (Å²) in [5, 5.41) is 4.75. The van der Waals surface area contributed by atoms with Crippen LogP contribution in [0, 0.1) is 0 Å². The first-order chi connectivity index (χ1) is 24.8. The van der Waals surface area contributed by atoms with E-state index >= 15 is 0 Å². The molecular weight excluding hydrogens is 636 g/mol. The van der Waals surface area contributed by atoms with Crippen molar-refractivity contribution in [3.8, 4) is 22.6 Å². The fourth-order valence-corrected chi connectivity index (χ4v) is 7.08. The standard InChI is InChI=1S/C45H38O6/c1-29(2)43(46)50-27-25-48-35-19-15-33(16-20-35)45(34-17-21-36(22-18-34)49-26-28-51-44(47)30(3)4)39-23-13-31-9-5-7-11-37(31)41(39)42-38-12-8-6-10-32(38)14-24-40(42)45/h5-24H,1,3,25-28H2,2,4H3. The molecule has 6 nitrogen and oxygen atoms in total. The normalized spacial score (nSPS) is 12.5. The highest BCUT2D eigenvalue weighted by Gasteiger charge is 2.47. The topological polar surface area (TPSA) is 71.1 Å². The Balaban J connectivity index is 1.34. The van der Waals surface area contributed by atoms with Crippen molar-refractivity contribution >= 4 is 33.5 Å². The Labute approximate surface area is 297 Å². The molecule has 1 aliphatic carbocycles. The van der Waals surface area contributed by atoms with Gasteiger partial charge in [0.15, 0.2) is 0 Å². The first kappa shape index (κ1) is 33.4. The quantitative estimate of drug-likeness (QED) is 0.0731. The van der Waals surface area contributed by atoms with E-state index in [1.807, 2.05) is 24.3 Å². The van der Waals surface area contributed by atoms with Crippen LogP contribution in [-0.2, 0) is 24.5 Å². The summed E-state index contributed by atoms with van der Waals surface area (Å²) in [6.07, 6.45) is 0. The highest BCUT2D eigenvalue weighted by molar-refractivity contribution is 6.12. The van der Waals surface area contributed by atoms with Gasteiger partial charge in [0.05, 0.1) is 5.41 Å². The van der Waals surface area contributed by atoms with Crippen LogP contribution in [0.1, 0.15) is 36.1 Å². The Bertz CT molecular complexity index is 2130. The SMILES string of the molecule is C=C(C)C(=O)OCCOc1ccc(C2(c3ccc(OCCOC(=O)C(=C)C)cc3)c3ccc4ccccc4c3-c3c2ccc2ccccc32)cc1. The number of fused-ring (bicyclic) bond motifs is 7. The first-order valence-corrected chi connectivity index (χ1v) is 17.0. The molecular formula is C45H38O6. The Morgan fingerprint density at radius 3 is 1.29 bits per heavy atom. The lowest BCUT2D eigenvalue weighted by Crippen LogP contribution is -2.28. The lowest BCUT2D eigenvalue weighted by molar-refractivity contribution is -0.140. The third-order valence-electron chi connectivity index (χ3n) is 9.36. The highest BCUT2D eigenvalue weighted by atomic mass is 16.6. The highest BCUT2D eigenvalue weighted by Crippen LogP contribution is 2.59. The van der Waals surface area contributed by atoms with Crippen molar-refractivity contribution < 1.29 is 28.5 Å². The van der Waals surface area contributed by atoms with Crippen molar-refractivity contribution in [2.45, 2.75) is 19.3 Å². The van der Waals surface area contributed by atoms with E-state index in [4.69, 9.17) is 18.9 Å². The Hall–Kier alpha value is -6.14. The number of benzene rings is 6. The molecule has 0 N–H and O–H groups in total. The largest absolute Gasteiger partial charge is 0.490 e. The molecule has 0 saturated carbocycles. The van der Waals surface area contributed by atoms with Crippen LogP contribution < -0.4 is 9.47 Å². The van der Waals surface area contributed by atoms with Crippen molar-refractivity contribution in [1.29, 1.82) is 0 Å². The van der Waals surface area contributed by atoms with Gasteiger partial charge in [0.1, 0.15) is 37.9 Å². The molecule has 0 heterocycles. The molecule has 6 aromatic carbocycles. The molecule has 7 rings (SSSR count). The number of hydrogen-bond donors (Lipinski definition) is 0. The maximum atomic E-state index is 11.8. The average molecular weight is 675 g/mol. The molecule has 6 heteroatoms. The van der Waals surface area contributed by atoms with Crippen molar-refractivity contribution in [1.82, 2.24) is 0 Å². The number of rotatable bonds is 12. The molecule has 0 fully saturated rings. The van der Waals surface area contributed by atoms with Gasteiger partial charge in [-0.25, -0.2) is 9.59 Å². The third kappa shape index (κ3) is 6.14. The lowest BCUT2D eigenvalue weighted by atomic mass is 9.67. The van der Waals surface area contributed by atoms with E-state index in [1.165, 1.54) is 43.8 Å². The van der Waals surface area contributed by atoms with Gasteiger partial charge in [-0.15, -0.1) is 0 Å². The molecule has 6 aromatic rings. The minimum atomic E-state index is -0.677. The summed E-state index contributed by atoms with van der Waals surface area (Å²) in [7, 11) is 0. The van der Waals surface area contributed by atoms with E-state index in [0.717, 1.165) is 11.1 Å². The second-order valence-electron chi connectivity index (χ2n) is 12.7. The van der Waals surface area contributed by atoms with Gasteiger partial charge in [-0.2, -0.15) is 0 Å². The minimum absolute atomic E-state index is 0.128. The van der Waals surface area contributed by atoms with Gasteiger partial charge in [0, 0.05) is 11.1 Å². The molecule has 51 heavy (non-hydrogen) atoms. The van der Waals surface area contributed by atoms with Crippen molar-refractivity contribution in [3.05, 3.63) is 168 Å². The average Bonchev–Trinajstić information content (AvgIpc) is 3.47. The van der Waals surface area contributed by atoms with E-state index in [1.54, 1.807) is 13.8 Å². The van der Waals surface area contributed by atoms with Crippen molar-refractivity contribution in [3.63, 3.8) is 0 Å². The molecule has 0 bridgehead atoms. The van der Waals surface area contributed by atoms with Crippen molar-refractivity contribution in [2.75, 3.05) is 26.4 Å². The number of carbonyl (C=O) groups is 2. The maximum absolute atomic E-state index is 11.8. The zero-order valence-electron chi connectivity index (χ0n) is 28.7. The molecule has 0 amide bonds. The van der Waals surface area contributed by atoms with E-state index in [-0.39, 0.29) is 26.4 Å². The molecule has 0 atom stereocenters. The molecule has 0 aromatic heterocycles. The van der Waals surface area contributed by atoms with Gasteiger partial charge in [-0.05, 0) is 93.0 Å². The Morgan fingerprint density at radius 2 is 0.902 bits per heavy atom. The second-order valence-corrected chi connectivity index (χ2v) is 12.7. The van der Waals surface area contributed by atoms with Crippen LogP contribution in [0.25, 0.3) is 32.7 Å². The predicted molar refractivity (Wildman–Crippen MR) is 201 cm³/mol.